The lowest BCUT2D eigenvalue weighted by Crippen LogP contribution is -2.12. The number of aromatic nitrogens is 5. The molecule has 0 aliphatic rings. The first kappa shape index (κ1) is 23.3. The molecule has 0 radical (unpaired) electrons. The lowest BCUT2D eigenvalue weighted by Gasteiger charge is -2.18. The van der Waals surface area contributed by atoms with Crippen molar-refractivity contribution in [3.8, 4) is 11.3 Å². The van der Waals surface area contributed by atoms with Crippen LogP contribution in [0.4, 0.5) is 11.6 Å². The number of aryl methyl sites for hydroxylation is 3. The van der Waals surface area contributed by atoms with Crippen molar-refractivity contribution in [1.82, 2.24) is 24.7 Å². The average molecular weight is 455 g/mol. The van der Waals surface area contributed by atoms with Crippen LogP contribution in [0.2, 0.25) is 0 Å². The van der Waals surface area contributed by atoms with Crippen LogP contribution < -0.4 is 5.32 Å². The molecule has 7 heteroatoms. The molecule has 0 unspecified atom stereocenters. The van der Waals surface area contributed by atoms with Gasteiger partial charge in [0.25, 0.3) is 0 Å². The van der Waals surface area contributed by atoms with Crippen LogP contribution in [-0.2, 0) is 18.9 Å². The summed E-state index contributed by atoms with van der Waals surface area (Å²) >= 11 is 0. The third-order valence-corrected chi connectivity index (χ3v) is 5.79. The molecule has 34 heavy (non-hydrogen) atoms. The predicted octanol–water partition coefficient (Wildman–Crippen LogP) is 5.44. The van der Waals surface area contributed by atoms with Crippen molar-refractivity contribution >= 4 is 17.4 Å². The zero-order chi connectivity index (χ0) is 24.3. The number of benzene rings is 1. The Hall–Kier alpha value is -3.87. The minimum absolute atomic E-state index is 0.0205. The standard InChI is InChI=1S/C27H30N6O/c1-18-14-20(23-12-13-28-26(32-23)31-22-16-30-33(5)17-22)7-6-19(18)8-11-25(34)24-10-9-21(15-29-24)27(2,3)4/h6-7,9-10,12-17H,8,11H2,1-5H3,(H,28,31,32). The topological polar surface area (TPSA) is 85.6 Å². The molecule has 174 valence electrons. The van der Waals surface area contributed by atoms with Crippen LogP contribution in [0.5, 0.6) is 0 Å². The SMILES string of the molecule is Cc1cc(-c2ccnc(Nc3cnn(C)c3)n2)ccc1CCC(=O)c1ccc(C(C)(C)C)cn1. The lowest BCUT2D eigenvalue weighted by molar-refractivity contribution is 0.0978. The van der Waals surface area contributed by atoms with Gasteiger partial charge in [0.1, 0.15) is 5.69 Å². The molecule has 0 amide bonds. The van der Waals surface area contributed by atoms with Gasteiger partial charge in [-0.05, 0) is 53.6 Å². The molecule has 1 aromatic carbocycles. The number of carbonyl (C=O) groups excluding carboxylic acids is 1. The molecule has 0 saturated heterocycles. The van der Waals surface area contributed by atoms with E-state index in [1.807, 2.05) is 43.7 Å². The third-order valence-electron chi connectivity index (χ3n) is 5.79. The fourth-order valence-corrected chi connectivity index (χ4v) is 3.71. The van der Waals surface area contributed by atoms with E-state index in [0.717, 1.165) is 33.6 Å². The van der Waals surface area contributed by atoms with Gasteiger partial charge < -0.3 is 5.32 Å². The summed E-state index contributed by atoms with van der Waals surface area (Å²) in [5, 5.41) is 7.32. The summed E-state index contributed by atoms with van der Waals surface area (Å²) in [5.74, 6) is 0.577. The number of pyridine rings is 1. The second kappa shape index (κ2) is 9.55. The summed E-state index contributed by atoms with van der Waals surface area (Å²) in [4.78, 5) is 26.0. The Bertz CT molecular complexity index is 1300. The lowest BCUT2D eigenvalue weighted by atomic mass is 9.88. The van der Waals surface area contributed by atoms with Crippen molar-refractivity contribution in [2.24, 2.45) is 7.05 Å². The molecular weight excluding hydrogens is 424 g/mol. The van der Waals surface area contributed by atoms with Crippen LogP contribution in [0.1, 0.15) is 54.4 Å². The maximum absolute atomic E-state index is 12.7. The maximum atomic E-state index is 12.7. The van der Waals surface area contributed by atoms with E-state index in [9.17, 15) is 4.79 Å². The first-order chi connectivity index (χ1) is 16.2. The van der Waals surface area contributed by atoms with Crippen LogP contribution in [-0.4, -0.2) is 30.5 Å². The molecule has 0 atom stereocenters. The molecule has 7 nitrogen and oxygen atoms in total. The molecule has 3 heterocycles. The van der Waals surface area contributed by atoms with Crippen LogP contribution in [0.3, 0.4) is 0 Å². The summed E-state index contributed by atoms with van der Waals surface area (Å²) < 4.78 is 1.72. The molecule has 1 N–H and O–H groups in total. The number of nitrogens with one attached hydrogen (secondary N) is 1. The van der Waals surface area contributed by atoms with Crippen molar-refractivity contribution in [2.45, 2.75) is 46.0 Å². The highest BCUT2D eigenvalue weighted by atomic mass is 16.1. The summed E-state index contributed by atoms with van der Waals surface area (Å²) in [5.41, 5.74) is 6.60. The summed E-state index contributed by atoms with van der Waals surface area (Å²) in [6, 6.07) is 11.9. The van der Waals surface area contributed by atoms with E-state index in [1.54, 1.807) is 17.1 Å². The van der Waals surface area contributed by atoms with E-state index in [-0.39, 0.29) is 11.2 Å². The average Bonchev–Trinajstić information content (AvgIpc) is 3.22. The van der Waals surface area contributed by atoms with Crippen LogP contribution >= 0.6 is 0 Å². The van der Waals surface area contributed by atoms with E-state index < -0.39 is 0 Å². The Kier molecular flexibility index (Phi) is 6.54. The third kappa shape index (κ3) is 5.54. The smallest absolute Gasteiger partial charge is 0.227 e. The summed E-state index contributed by atoms with van der Waals surface area (Å²) in [6.45, 7) is 8.47. The second-order valence-corrected chi connectivity index (χ2v) is 9.54. The molecular formula is C27H30N6O. The van der Waals surface area contributed by atoms with Gasteiger partial charge in [-0.25, -0.2) is 9.97 Å². The number of ketones is 1. The van der Waals surface area contributed by atoms with Crippen LogP contribution in [0.15, 0.2) is 61.2 Å². The van der Waals surface area contributed by atoms with Gasteiger partial charge in [-0.3, -0.25) is 14.5 Å². The van der Waals surface area contributed by atoms with E-state index in [4.69, 9.17) is 0 Å². The highest BCUT2D eigenvalue weighted by Gasteiger charge is 2.16. The first-order valence-electron chi connectivity index (χ1n) is 11.4. The van der Waals surface area contributed by atoms with E-state index in [0.29, 0.717) is 24.5 Å². The minimum Gasteiger partial charge on any atom is -0.321 e. The van der Waals surface area contributed by atoms with Gasteiger partial charge >= 0.3 is 0 Å². The molecule has 0 saturated carbocycles. The number of hydrogen-bond acceptors (Lipinski definition) is 6. The van der Waals surface area contributed by atoms with Gasteiger partial charge in [-0.1, -0.05) is 39.0 Å². The van der Waals surface area contributed by atoms with Crippen LogP contribution in [0, 0.1) is 6.92 Å². The number of hydrogen-bond donors (Lipinski definition) is 1. The number of anilines is 2. The molecule has 0 aliphatic heterocycles. The predicted molar refractivity (Wildman–Crippen MR) is 134 cm³/mol. The van der Waals surface area contributed by atoms with Crippen LogP contribution in [0.25, 0.3) is 11.3 Å². The zero-order valence-corrected chi connectivity index (χ0v) is 20.3. The van der Waals surface area contributed by atoms with Gasteiger partial charge in [0.15, 0.2) is 5.78 Å². The molecule has 3 aromatic heterocycles. The molecule has 4 rings (SSSR count). The Balaban J connectivity index is 1.42. The molecule has 4 aromatic rings. The number of Topliss-reactive ketones (excluding diaryl/α,β-unsaturated/α-hetero) is 1. The Morgan fingerprint density at radius 3 is 2.53 bits per heavy atom. The monoisotopic (exact) mass is 454 g/mol. The number of carbonyl (C=O) groups is 1. The van der Waals surface area contributed by atoms with Gasteiger partial charge in [0.05, 0.1) is 17.6 Å². The van der Waals surface area contributed by atoms with Gasteiger partial charge in [0, 0.05) is 37.6 Å². The van der Waals surface area contributed by atoms with Gasteiger partial charge in [-0.15, -0.1) is 0 Å². The normalized spacial score (nSPS) is 11.4. The van der Waals surface area contributed by atoms with Gasteiger partial charge in [0.2, 0.25) is 5.95 Å². The van der Waals surface area contributed by atoms with Crippen molar-refractivity contribution in [3.05, 3.63) is 83.6 Å². The zero-order valence-electron chi connectivity index (χ0n) is 20.3. The van der Waals surface area contributed by atoms with Crippen molar-refractivity contribution in [3.63, 3.8) is 0 Å². The van der Waals surface area contributed by atoms with Crippen molar-refractivity contribution in [1.29, 1.82) is 0 Å². The first-order valence-corrected chi connectivity index (χ1v) is 11.4. The number of nitrogens with zero attached hydrogens (tertiary/aromatic N) is 5. The fourth-order valence-electron chi connectivity index (χ4n) is 3.71. The molecule has 0 aliphatic carbocycles. The highest BCUT2D eigenvalue weighted by molar-refractivity contribution is 5.94. The number of rotatable bonds is 7. The summed E-state index contributed by atoms with van der Waals surface area (Å²) in [7, 11) is 1.86. The van der Waals surface area contributed by atoms with E-state index in [2.05, 4.69) is 65.2 Å². The largest absolute Gasteiger partial charge is 0.321 e. The molecule has 0 fully saturated rings. The Morgan fingerprint density at radius 1 is 1.06 bits per heavy atom. The molecule has 0 spiro atoms. The van der Waals surface area contributed by atoms with E-state index in [1.165, 1.54) is 0 Å². The van der Waals surface area contributed by atoms with Crippen molar-refractivity contribution < 1.29 is 4.79 Å². The van der Waals surface area contributed by atoms with E-state index >= 15 is 0 Å². The Morgan fingerprint density at radius 2 is 1.88 bits per heavy atom. The fraction of sp³-hybridized carbons (Fsp3) is 0.296. The minimum atomic E-state index is 0.0205. The highest BCUT2D eigenvalue weighted by Crippen LogP contribution is 2.24. The Labute approximate surface area is 200 Å². The summed E-state index contributed by atoms with van der Waals surface area (Å²) in [6.07, 6.45) is 8.24. The van der Waals surface area contributed by atoms with Gasteiger partial charge in [-0.2, -0.15) is 5.10 Å². The maximum Gasteiger partial charge on any atom is 0.227 e. The quantitative estimate of drug-likeness (QED) is 0.374. The second-order valence-electron chi connectivity index (χ2n) is 9.54. The molecule has 0 bridgehead atoms. The van der Waals surface area contributed by atoms with Crippen molar-refractivity contribution in [2.75, 3.05) is 5.32 Å².